The van der Waals surface area contributed by atoms with Gasteiger partial charge in [0.05, 0.1) is 12.2 Å². The molecule has 1 aromatic carbocycles. The number of thioether (sulfide) groups is 1. The number of nitrogens with zero attached hydrogens (tertiary/aromatic N) is 2. The Hall–Kier alpha value is -1.20. The quantitative estimate of drug-likeness (QED) is 0.861. The molecule has 0 unspecified atom stereocenters. The largest absolute Gasteiger partial charge is 0.340 e. The smallest absolute Gasteiger partial charge is 0.327 e. The molecule has 6 heteroatoms. The number of amides is 2. The highest BCUT2D eigenvalue weighted by Gasteiger charge is 2.26. The molecule has 1 N–H and O–H groups in total. The van der Waals surface area contributed by atoms with Crippen LogP contribution in [0.25, 0.3) is 0 Å². The van der Waals surface area contributed by atoms with Crippen LogP contribution in [0.3, 0.4) is 0 Å². The van der Waals surface area contributed by atoms with Crippen LogP contribution >= 0.6 is 23.4 Å². The molecule has 1 aromatic rings. The summed E-state index contributed by atoms with van der Waals surface area (Å²) in [6, 6.07) is 6.94. The van der Waals surface area contributed by atoms with Crippen molar-refractivity contribution in [3.8, 4) is 0 Å². The number of benzene rings is 1. The molecule has 0 radical (unpaired) electrons. The zero-order valence-electron chi connectivity index (χ0n) is 10.2. The Kier molecular flexibility index (Phi) is 4.14. The molecule has 96 valence electrons. The molecule has 18 heavy (non-hydrogen) atoms. The number of nitrogens with one attached hydrogen (secondary N) is 1. The number of rotatable bonds is 1. The molecule has 1 heterocycles. The van der Waals surface area contributed by atoms with Crippen molar-refractivity contribution < 1.29 is 4.79 Å². The molecule has 0 bridgehead atoms. The third-order valence-corrected chi connectivity index (χ3v) is 3.81. The molecular formula is C12H14ClN3OS. The number of hydrogen-bond acceptors (Lipinski definition) is 3. The van der Waals surface area contributed by atoms with E-state index in [0.29, 0.717) is 10.3 Å². The normalized spacial score (nSPS) is 18.4. The van der Waals surface area contributed by atoms with Gasteiger partial charge in [-0.15, -0.1) is 0 Å². The SMILES string of the molecule is CNC(=O)N(C1=NC[C@H](C)S1)c1ccc(Cl)cc1. The fourth-order valence-electron chi connectivity index (χ4n) is 1.60. The summed E-state index contributed by atoms with van der Waals surface area (Å²) >= 11 is 7.46. The molecular weight excluding hydrogens is 270 g/mol. The lowest BCUT2D eigenvalue weighted by molar-refractivity contribution is 0.251. The molecule has 0 spiro atoms. The van der Waals surface area contributed by atoms with E-state index >= 15 is 0 Å². The second-order valence-electron chi connectivity index (χ2n) is 3.92. The summed E-state index contributed by atoms with van der Waals surface area (Å²) in [7, 11) is 1.61. The van der Waals surface area contributed by atoms with E-state index in [4.69, 9.17) is 11.6 Å². The third kappa shape index (κ3) is 2.79. The maximum Gasteiger partial charge on any atom is 0.327 e. The van der Waals surface area contributed by atoms with Crippen LogP contribution in [0.15, 0.2) is 29.3 Å². The lowest BCUT2D eigenvalue weighted by atomic mass is 10.3. The Labute approximate surface area is 115 Å². The second kappa shape index (κ2) is 5.63. The standard InChI is InChI=1S/C12H14ClN3OS/c1-8-7-15-12(18-8)16(11(17)14-2)10-5-3-9(13)4-6-10/h3-6,8H,7H2,1-2H3,(H,14,17)/t8-/m0/s1. The summed E-state index contributed by atoms with van der Waals surface area (Å²) in [4.78, 5) is 17.9. The first-order valence-electron chi connectivity index (χ1n) is 5.60. The van der Waals surface area contributed by atoms with Gasteiger partial charge in [-0.2, -0.15) is 0 Å². The minimum atomic E-state index is -0.197. The topological polar surface area (TPSA) is 44.7 Å². The predicted molar refractivity (Wildman–Crippen MR) is 77.7 cm³/mol. The zero-order valence-corrected chi connectivity index (χ0v) is 11.8. The van der Waals surface area contributed by atoms with E-state index in [1.54, 1.807) is 35.8 Å². The Balaban J connectivity index is 2.31. The molecule has 2 amide bonds. The van der Waals surface area contributed by atoms with Crippen molar-refractivity contribution in [2.75, 3.05) is 18.5 Å². The van der Waals surface area contributed by atoms with Crippen molar-refractivity contribution in [3.05, 3.63) is 29.3 Å². The Morgan fingerprint density at radius 2 is 2.17 bits per heavy atom. The first kappa shape index (κ1) is 13.2. The van der Waals surface area contributed by atoms with Gasteiger partial charge in [0.15, 0.2) is 5.17 Å². The fraction of sp³-hybridized carbons (Fsp3) is 0.333. The number of carbonyl (C=O) groups excluding carboxylic acids is 1. The number of aliphatic imine (C=N–C) groups is 1. The van der Waals surface area contributed by atoms with Crippen LogP contribution in [0.1, 0.15) is 6.92 Å². The van der Waals surface area contributed by atoms with Crippen molar-refractivity contribution >= 4 is 40.2 Å². The number of hydrogen-bond donors (Lipinski definition) is 1. The number of amidine groups is 1. The van der Waals surface area contributed by atoms with Crippen molar-refractivity contribution in [2.24, 2.45) is 4.99 Å². The summed E-state index contributed by atoms with van der Waals surface area (Å²) in [5, 5.41) is 4.40. The molecule has 0 fully saturated rings. The first-order valence-corrected chi connectivity index (χ1v) is 6.86. The van der Waals surface area contributed by atoms with E-state index in [2.05, 4.69) is 17.2 Å². The number of carbonyl (C=O) groups is 1. The highest BCUT2D eigenvalue weighted by Crippen LogP contribution is 2.27. The van der Waals surface area contributed by atoms with Crippen molar-refractivity contribution in [3.63, 3.8) is 0 Å². The number of anilines is 1. The third-order valence-electron chi connectivity index (χ3n) is 2.48. The van der Waals surface area contributed by atoms with E-state index in [1.807, 2.05) is 12.1 Å². The van der Waals surface area contributed by atoms with Gasteiger partial charge in [-0.1, -0.05) is 30.3 Å². The van der Waals surface area contributed by atoms with Gasteiger partial charge < -0.3 is 5.32 Å². The summed E-state index contributed by atoms with van der Waals surface area (Å²) < 4.78 is 0. The predicted octanol–water partition coefficient (Wildman–Crippen LogP) is 2.98. The van der Waals surface area contributed by atoms with Gasteiger partial charge >= 0.3 is 6.03 Å². The van der Waals surface area contributed by atoms with Gasteiger partial charge in [0.2, 0.25) is 0 Å². The maximum absolute atomic E-state index is 12.0. The molecule has 0 saturated heterocycles. The maximum atomic E-state index is 12.0. The van der Waals surface area contributed by atoms with Crippen LogP contribution in [-0.2, 0) is 0 Å². The van der Waals surface area contributed by atoms with Crippen molar-refractivity contribution in [1.82, 2.24) is 5.32 Å². The molecule has 0 aromatic heterocycles. The Morgan fingerprint density at radius 3 is 2.67 bits per heavy atom. The summed E-state index contributed by atoms with van der Waals surface area (Å²) in [5.74, 6) is 0. The van der Waals surface area contributed by atoms with Crippen LogP contribution in [0, 0.1) is 0 Å². The van der Waals surface area contributed by atoms with Gasteiger partial charge in [0.1, 0.15) is 0 Å². The molecule has 0 aliphatic carbocycles. The number of urea groups is 1. The summed E-state index contributed by atoms with van der Waals surface area (Å²) in [5.41, 5.74) is 0.763. The summed E-state index contributed by atoms with van der Waals surface area (Å²) in [6.45, 7) is 2.83. The zero-order chi connectivity index (χ0) is 13.1. The van der Waals surface area contributed by atoms with E-state index in [9.17, 15) is 4.79 Å². The monoisotopic (exact) mass is 283 g/mol. The molecule has 2 rings (SSSR count). The minimum absolute atomic E-state index is 0.197. The Morgan fingerprint density at radius 1 is 1.50 bits per heavy atom. The van der Waals surface area contributed by atoms with Crippen LogP contribution < -0.4 is 10.2 Å². The van der Waals surface area contributed by atoms with E-state index in [0.717, 1.165) is 17.4 Å². The summed E-state index contributed by atoms with van der Waals surface area (Å²) in [6.07, 6.45) is 0. The van der Waals surface area contributed by atoms with Gasteiger partial charge in [-0.25, -0.2) is 9.69 Å². The highest BCUT2D eigenvalue weighted by atomic mass is 35.5. The lowest BCUT2D eigenvalue weighted by Crippen LogP contribution is -2.41. The second-order valence-corrected chi connectivity index (χ2v) is 5.76. The molecule has 0 saturated carbocycles. The van der Waals surface area contributed by atoms with Gasteiger partial charge in [-0.05, 0) is 24.3 Å². The lowest BCUT2D eigenvalue weighted by Gasteiger charge is -2.21. The molecule has 1 aliphatic rings. The van der Waals surface area contributed by atoms with Crippen LogP contribution in [0.2, 0.25) is 5.02 Å². The average Bonchev–Trinajstić information content (AvgIpc) is 2.78. The van der Waals surface area contributed by atoms with E-state index in [-0.39, 0.29) is 6.03 Å². The van der Waals surface area contributed by atoms with E-state index in [1.165, 1.54) is 0 Å². The fourth-order valence-corrected chi connectivity index (χ4v) is 2.68. The van der Waals surface area contributed by atoms with Gasteiger partial charge in [-0.3, -0.25) is 4.99 Å². The van der Waals surface area contributed by atoms with Crippen molar-refractivity contribution in [2.45, 2.75) is 12.2 Å². The highest BCUT2D eigenvalue weighted by molar-refractivity contribution is 8.15. The van der Waals surface area contributed by atoms with Crippen LogP contribution in [0.4, 0.5) is 10.5 Å². The van der Waals surface area contributed by atoms with Crippen molar-refractivity contribution in [1.29, 1.82) is 0 Å². The first-order chi connectivity index (χ1) is 8.61. The molecule has 1 atom stereocenters. The van der Waals surface area contributed by atoms with Crippen LogP contribution in [0.5, 0.6) is 0 Å². The van der Waals surface area contributed by atoms with Gasteiger partial charge in [0, 0.05) is 17.3 Å². The Bertz CT molecular complexity index is 475. The van der Waals surface area contributed by atoms with E-state index < -0.39 is 0 Å². The molecule has 1 aliphatic heterocycles. The minimum Gasteiger partial charge on any atom is -0.340 e. The average molecular weight is 284 g/mol. The number of halogens is 1. The molecule has 4 nitrogen and oxygen atoms in total. The van der Waals surface area contributed by atoms with Crippen LogP contribution in [-0.4, -0.2) is 30.0 Å². The van der Waals surface area contributed by atoms with Gasteiger partial charge in [0.25, 0.3) is 0 Å².